The molecule has 4 nitrogen and oxygen atoms in total. The van der Waals surface area contributed by atoms with E-state index in [1.54, 1.807) is 6.07 Å². The maximum absolute atomic E-state index is 12.8. The molecule has 1 heterocycles. The molecule has 0 spiro atoms. The van der Waals surface area contributed by atoms with Crippen LogP contribution in [0.4, 0.5) is 24.5 Å². The zero-order chi connectivity index (χ0) is 14.9. The van der Waals surface area contributed by atoms with Crippen LogP contribution in [0.2, 0.25) is 0 Å². The second-order valence-electron chi connectivity index (χ2n) is 4.72. The third-order valence-electron chi connectivity index (χ3n) is 3.36. The van der Waals surface area contributed by atoms with Gasteiger partial charge in [-0.3, -0.25) is 10.1 Å². The molecule has 0 bridgehead atoms. The lowest BCUT2D eigenvalue weighted by Gasteiger charge is -2.34. The van der Waals surface area contributed by atoms with Gasteiger partial charge in [-0.2, -0.15) is 13.2 Å². The number of hydrogen-bond acceptors (Lipinski definition) is 3. The Kier molecular flexibility index (Phi) is 4.22. The van der Waals surface area contributed by atoms with Gasteiger partial charge < -0.3 is 4.90 Å². The molecule has 1 aliphatic heterocycles. The molecule has 0 N–H and O–H groups in total. The van der Waals surface area contributed by atoms with Gasteiger partial charge in [-0.1, -0.05) is 15.9 Å². The van der Waals surface area contributed by atoms with E-state index >= 15 is 0 Å². The molecule has 0 aliphatic carbocycles. The van der Waals surface area contributed by atoms with Gasteiger partial charge in [-0.05, 0) is 25.0 Å². The molecule has 110 valence electrons. The van der Waals surface area contributed by atoms with Crippen LogP contribution in [0.15, 0.2) is 22.7 Å². The fourth-order valence-electron chi connectivity index (χ4n) is 2.37. The zero-order valence-electron chi connectivity index (χ0n) is 10.4. The van der Waals surface area contributed by atoms with Crippen molar-refractivity contribution in [2.24, 2.45) is 5.92 Å². The largest absolute Gasteiger partial charge is 0.393 e. The normalized spacial score (nSPS) is 20.0. The fraction of sp³-hybridized carbons (Fsp3) is 0.500. The maximum atomic E-state index is 12.8. The van der Waals surface area contributed by atoms with Crippen molar-refractivity contribution in [3.05, 3.63) is 32.8 Å². The first-order chi connectivity index (χ1) is 9.29. The molecular weight excluding hydrogens is 341 g/mol. The zero-order valence-corrected chi connectivity index (χ0v) is 11.9. The van der Waals surface area contributed by atoms with Gasteiger partial charge in [0.25, 0.3) is 5.69 Å². The molecule has 0 saturated carbocycles. The molecule has 1 fully saturated rings. The average Bonchev–Trinajstić information content (AvgIpc) is 2.37. The van der Waals surface area contributed by atoms with Gasteiger partial charge in [-0.15, -0.1) is 0 Å². The number of alkyl halides is 3. The minimum atomic E-state index is -4.26. The Balaban J connectivity index is 2.29. The molecule has 20 heavy (non-hydrogen) atoms. The highest BCUT2D eigenvalue weighted by Crippen LogP contribution is 2.38. The average molecular weight is 353 g/mol. The van der Waals surface area contributed by atoms with Crippen LogP contribution < -0.4 is 4.90 Å². The smallest absolute Gasteiger partial charge is 0.365 e. The van der Waals surface area contributed by atoms with Gasteiger partial charge >= 0.3 is 6.18 Å². The first-order valence-corrected chi connectivity index (χ1v) is 6.84. The highest BCUT2D eigenvalue weighted by Gasteiger charge is 2.42. The van der Waals surface area contributed by atoms with Gasteiger partial charge in [0.05, 0.1) is 10.8 Å². The number of nitro groups is 1. The Morgan fingerprint density at radius 1 is 1.40 bits per heavy atom. The minimum Gasteiger partial charge on any atom is -0.365 e. The molecule has 1 atom stereocenters. The van der Waals surface area contributed by atoms with Crippen molar-refractivity contribution in [3.8, 4) is 0 Å². The van der Waals surface area contributed by atoms with Crippen LogP contribution >= 0.6 is 15.9 Å². The molecule has 1 aromatic rings. The first kappa shape index (κ1) is 15.1. The van der Waals surface area contributed by atoms with Gasteiger partial charge in [0.15, 0.2) is 0 Å². The second-order valence-corrected chi connectivity index (χ2v) is 5.63. The Morgan fingerprint density at radius 2 is 2.10 bits per heavy atom. The van der Waals surface area contributed by atoms with E-state index in [0.29, 0.717) is 17.4 Å². The number of benzene rings is 1. The Morgan fingerprint density at radius 3 is 2.70 bits per heavy atom. The van der Waals surface area contributed by atoms with Crippen LogP contribution in [0.5, 0.6) is 0 Å². The number of halogens is 4. The molecule has 1 aliphatic rings. The summed E-state index contributed by atoms with van der Waals surface area (Å²) in [5.41, 5.74) is 0.0642. The Hall–Kier alpha value is -1.31. The molecule has 1 unspecified atom stereocenters. The van der Waals surface area contributed by atoms with E-state index in [-0.39, 0.29) is 24.3 Å². The van der Waals surface area contributed by atoms with Crippen LogP contribution in [0.3, 0.4) is 0 Å². The van der Waals surface area contributed by atoms with Crippen LogP contribution in [0.1, 0.15) is 12.8 Å². The highest BCUT2D eigenvalue weighted by atomic mass is 79.9. The second kappa shape index (κ2) is 5.59. The van der Waals surface area contributed by atoms with Gasteiger partial charge in [0.1, 0.15) is 5.69 Å². The van der Waals surface area contributed by atoms with E-state index < -0.39 is 17.0 Å². The SMILES string of the molecule is O=[N+]([O-])c1cc(Br)ccc1N1CCCC(C(F)(F)F)C1. The maximum Gasteiger partial charge on any atom is 0.393 e. The van der Waals surface area contributed by atoms with Crippen molar-refractivity contribution in [1.29, 1.82) is 0 Å². The molecule has 1 saturated heterocycles. The standard InChI is InChI=1S/C12H12BrF3N2O2/c13-9-3-4-10(11(6-9)18(19)20)17-5-1-2-8(7-17)12(14,15)16/h3-4,6,8H,1-2,5,7H2. The van der Waals surface area contributed by atoms with E-state index in [2.05, 4.69) is 15.9 Å². The summed E-state index contributed by atoms with van der Waals surface area (Å²) in [6, 6.07) is 4.40. The quantitative estimate of drug-likeness (QED) is 0.593. The number of nitrogens with zero attached hydrogens (tertiary/aromatic N) is 2. The minimum absolute atomic E-state index is 0.0737. The van der Waals surface area contributed by atoms with E-state index in [0.717, 1.165) is 0 Å². The summed E-state index contributed by atoms with van der Waals surface area (Å²) in [6.45, 7) is 0.168. The summed E-state index contributed by atoms with van der Waals surface area (Å²) in [5, 5.41) is 11.0. The molecule has 8 heteroatoms. The number of piperidine rings is 1. The lowest BCUT2D eigenvalue weighted by Crippen LogP contribution is -2.41. The van der Waals surface area contributed by atoms with Crippen LogP contribution in [-0.2, 0) is 0 Å². The van der Waals surface area contributed by atoms with Crippen molar-refractivity contribution in [3.63, 3.8) is 0 Å². The van der Waals surface area contributed by atoms with Gasteiger partial charge in [-0.25, -0.2) is 0 Å². The molecular formula is C12H12BrF3N2O2. The summed E-state index contributed by atoms with van der Waals surface area (Å²) in [4.78, 5) is 11.9. The number of rotatable bonds is 2. The lowest BCUT2D eigenvalue weighted by molar-refractivity contribution is -0.384. The molecule has 0 aromatic heterocycles. The van der Waals surface area contributed by atoms with Crippen LogP contribution in [-0.4, -0.2) is 24.2 Å². The summed E-state index contributed by atoms with van der Waals surface area (Å²) in [5.74, 6) is -1.43. The van der Waals surface area contributed by atoms with E-state index in [1.165, 1.54) is 17.0 Å². The fourth-order valence-corrected chi connectivity index (χ4v) is 2.72. The van der Waals surface area contributed by atoms with Crippen molar-refractivity contribution < 1.29 is 18.1 Å². The van der Waals surface area contributed by atoms with E-state index in [1.807, 2.05) is 0 Å². The molecule has 2 rings (SSSR count). The third-order valence-corrected chi connectivity index (χ3v) is 3.85. The summed E-state index contributed by atoms with van der Waals surface area (Å²) in [7, 11) is 0. The summed E-state index contributed by atoms with van der Waals surface area (Å²) >= 11 is 3.13. The van der Waals surface area contributed by atoms with Gasteiger partial charge in [0, 0.05) is 23.6 Å². The van der Waals surface area contributed by atoms with Crippen molar-refractivity contribution in [2.75, 3.05) is 18.0 Å². The van der Waals surface area contributed by atoms with E-state index in [4.69, 9.17) is 0 Å². The summed E-state index contributed by atoms with van der Waals surface area (Å²) < 4.78 is 38.9. The Labute approximate surface area is 121 Å². The first-order valence-electron chi connectivity index (χ1n) is 6.04. The monoisotopic (exact) mass is 352 g/mol. The summed E-state index contributed by atoms with van der Waals surface area (Å²) in [6.07, 6.45) is -3.81. The lowest BCUT2D eigenvalue weighted by atomic mass is 9.97. The predicted octanol–water partition coefficient (Wildman–Crippen LogP) is 4.14. The topological polar surface area (TPSA) is 46.4 Å². The molecule has 0 amide bonds. The van der Waals surface area contributed by atoms with Crippen LogP contribution in [0, 0.1) is 16.0 Å². The van der Waals surface area contributed by atoms with Crippen LogP contribution in [0.25, 0.3) is 0 Å². The number of hydrogen-bond donors (Lipinski definition) is 0. The Bertz CT molecular complexity index is 522. The van der Waals surface area contributed by atoms with Gasteiger partial charge in [0.2, 0.25) is 0 Å². The highest BCUT2D eigenvalue weighted by molar-refractivity contribution is 9.10. The third kappa shape index (κ3) is 3.23. The predicted molar refractivity (Wildman–Crippen MR) is 71.8 cm³/mol. The van der Waals surface area contributed by atoms with Crippen molar-refractivity contribution in [2.45, 2.75) is 19.0 Å². The molecule has 0 radical (unpaired) electrons. The van der Waals surface area contributed by atoms with Crippen molar-refractivity contribution >= 4 is 27.3 Å². The van der Waals surface area contributed by atoms with Crippen molar-refractivity contribution in [1.82, 2.24) is 0 Å². The number of anilines is 1. The van der Waals surface area contributed by atoms with E-state index in [9.17, 15) is 23.3 Å². The molecule has 1 aromatic carbocycles. The number of nitro benzene ring substituents is 1.